The molecule has 0 heterocycles. The number of rotatable bonds is 4. The molecule has 0 aromatic carbocycles. The van der Waals surface area contributed by atoms with Crippen LogP contribution >= 0.6 is 0 Å². The average molecular weight is 445 g/mol. The third-order valence-corrected chi connectivity index (χ3v) is 10.8. The van der Waals surface area contributed by atoms with Gasteiger partial charge in [0.1, 0.15) is 5.60 Å². The molecule has 3 N–H and O–H groups in total. The van der Waals surface area contributed by atoms with Crippen molar-refractivity contribution in [2.75, 3.05) is 0 Å². The number of Topliss-reactive ketones (excluding diaryl/α,β-unsaturated/α-hetero) is 1. The van der Waals surface area contributed by atoms with Crippen LogP contribution in [-0.2, 0) is 4.79 Å². The normalized spacial score (nSPS) is 49.6. The number of hydrogen-bond acceptors (Lipinski definition) is 4. The molecule has 10 unspecified atom stereocenters. The number of ketones is 1. The summed E-state index contributed by atoms with van der Waals surface area (Å²) >= 11 is 0. The minimum absolute atomic E-state index is 0.0642. The van der Waals surface area contributed by atoms with Crippen LogP contribution in [0.15, 0.2) is 24.3 Å². The molecular weight excluding hydrogens is 400 g/mol. The monoisotopic (exact) mass is 444 g/mol. The Morgan fingerprint density at radius 2 is 1.81 bits per heavy atom. The van der Waals surface area contributed by atoms with E-state index in [9.17, 15) is 20.1 Å². The van der Waals surface area contributed by atoms with Gasteiger partial charge in [-0.1, -0.05) is 58.9 Å². The molecule has 4 heteroatoms. The first kappa shape index (κ1) is 24.2. The van der Waals surface area contributed by atoms with Crippen molar-refractivity contribution in [2.45, 2.75) is 97.4 Å². The highest BCUT2D eigenvalue weighted by Gasteiger charge is 2.70. The fraction of sp³-hybridized carbons (Fsp3) is 0.821. The summed E-state index contributed by atoms with van der Waals surface area (Å²) < 4.78 is 0. The van der Waals surface area contributed by atoms with E-state index in [2.05, 4.69) is 46.4 Å². The van der Waals surface area contributed by atoms with Gasteiger partial charge in [0.05, 0.1) is 12.2 Å². The highest BCUT2D eigenvalue weighted by molar-refractivity contribution is 5.90. The maximum Gasteiger partial charge on any atom is 0.165 e. The van der Waals surface area contributed by atoms with Crippen LogP contribution in [0.2, 0.25) is 0 Å². The number of hydrogen-bond donors (Lipinski definition) is 3. The van der Waals surface area contributed by atoms with Crippen molar-refractivity contribution in [1.82, 2.24) is 0 Å². The molecule has 4 aliphatic rings. The largest absolute Gasteiger partial charge is 0.393 e. The van der Waals surface area contributed by atoms with Crippen LogP contribution in [0.1, 0.15) is 79.6 Å². The zero-order valence-electron chi connectivity index (χ0n) is 20.7. The summed E-state index contributed by atoms with van der Waals surface area (Å²) in [5.41, 5.74) is -1.13. The summed E-state index contributed by atoms with van der Waals surface area (Å²) in [6, 6.07) is 0. The van der Waals surface area contributed by atoms with Gasteiger partial charge in [-0.25, -0.2) is 0 Å². The van der Waals surface area contributed by atoms with Crippen LogP contribution in [-0.4, -0.2) is 38.9 Å². The van der Waals surface area contributed by atoms with Gasteiger partial charge in [-0.05, 0) is 66.6 Å². The summed E-state index contributed by atoms with van der Waals surface area (Å²) in [4.78, 5) is 13.4. The lowest BCUT2D eigenvalue weighted by Gasteiger charge is -2.64. The molecule has 4 nitrogen and oxygen atoms in total. The van der Waals surface area contributed by atoms with E-state index in [-0.39, 0.29) is 35.9 Å². The summed E-state index contributed by atoms with van der Waals surface area (Å²) in [5, 5.41) is 32.8. The molecule has 0 aromatic heterocycles. The van der Waals surface area contributed by atoms with Gasteiger partial charge in [0.25, 0.3) is 0 Å². The molecule has 180 valence electrons. The van der Waals surface area contributed by atoms with Crippen molar-refractivity contribution in [1.29, 1.82) is 0 Å². The summed E-state index contributed by atoms with van der Waals surface area (Å²) in [7, 11) is 0. The van der Waals surface area contributed by atoms with E-state index >= 15 is 0 Å². The van der Waals surface area contributed by atoms with Gasteiger partial charge in [0, 0.05) is 24.7 Å². The van der Waals surface area contributed by atoms with Gasteiger partial charge in [-0.15, -0.1) is 0 Å². The number of carbonyl (C=O) groups is 1. The lowest BCUT2D eigenvalue weighted by atomic mass is 9.42. The topological polar surface area (TPSA) is 77.8 Å². The van der Waals surface area contributed by atoms with E-state index < -0.39 is 23.2 Å². The van der Waals surface area contributed by atoms with Gasteiger partial charge in [-0.2, -0.15) is 0 Å². The standard InChI is InChI=1S/C28H44O4/c1-16(2)17(3)7-8-18(4)21-9-10-22-20-14-25(31)28(32)15-19(29)13-24(30)27(28,6)23(20)11-12-26(21,22)5/h7-8,16,18-24,29-30,32H,3,9-15H2,1-2,4-6H3. The first-order valence-electron chi connectivity index (χ1n) is 12.8. The van der Waals surface area contributed by atoms with E-state index in [1.54, 1.807) is 0 Å². The third kappa shape index (κ3) is 3.31. The molecule has 32 heavy (non-hydrogen) atoms. The van der Waals surface area contributed by atoms with Crippen LogP contribution < -0.4 is 0 Å². The highest BCUT2D eigenvalue weighted by atomic mass is 16.3. The smallest absolute Gasteiger partial charge is 0.165 e. The molecule has 0 radical (unpaired) electrons. The van der Waals surface area contributed by atoms with Crippen LogP contribution in [0.5, 0.6) is 0 Å². The number of allylic oxidation sites excluding steroid dienone is 3. The van der Waals surface area contributed by atoms with Crippen molar-refractivity contribution in [3.63, 3.8) is 0 Å². The molecule has 4 saturated carbocycles. The zero-order chi connectivity index (χ0) is 23.6. The quantitative estimate of drug-likeness (QED) is 0.551. The molecular formula is C28H44O4. The summed E-state index contributed by atoms with van der Waals surface area (Å²) in [6.07, 6.45) is 7.86. The Morgan fingerprint density at radius 3 is 2.47 bits per heavy atom. The van der Waals surface area contributed by atoms with E-state index in [0.29, 0.717) is 30.1 Å². The lowest BCUT2D eigenvalue weighted by molar-refractivity contribution is -0.245. The van der Waals surface area contributed by atoms with Gasteiger partial charge in [-0.3, -0.25) is 4.79 Å². The maximum absolute atomic E-state index is 13.4. The van der Waals surface area contributed by atoms with Crippen molar-refractivity contribution in [2.24, 2.45) is 46.3 Å². The summed E-state index contributed by atoms with van der Waals surface area (Å²) in [5.74, 6) is 2.10. The van der Waals surface area contributed by atoms with Gasteiger partial charge >= 0.3 is 0 Å². The third-order valence-electron chi connectivity index (χ3n) is 10.8. The zero-order valence-corrected chi connectivity index (χ0v) is 20.7. The Morgan fingerprint density at radius 1 is 1.12 bits per heavy atom. The molecule has 10 atom stereocenters. The second-order valence-corrected chi connectivity index (χ2v) is 12.4. The predicted octanol–water partition coefficient (Wildman–Crippen LogP) is 4.68. The van der Waals surface area contributed by atoms with Gasteiger partial charge in [0.15, 0.2) is 5.78 Å². The number of carbonyl (C=O) groups excluding carboxylic acids is 1. The number of fused-ring (bicyclic) bond motifs is 5. The Balaban J connectivity index is 1.61. The van der Waals surface area contributed by atoms with Crippen LogP contribution in [0.4, 0.5) is 0 Å². The van der Waals surface area contributed by atoms with Crippen molar-refractivity contribution >= 4 is 5.78 Å². The average Bonchev–Trinajstić information content (AvgIpc) is 3.06. The predicted molar refractivity (Wildman–Crippen MR) is 127 cm³/mol. The molecule has 0 amide bonds. The van der Waals surface area contributed by atoms with E-state index in [0.717, 1.165) is 19.3 Å². The van der Waals surface area contributed by atoms with E-state index in [1.807, 2.05) is 6.92 Å². The van der Waals surface area contributed by atoms with Crippen molar-refractivity contribution in [3.05, 3.63) is 24.3 Å². The molecule has 4 aliphatic carbocycles. The fourth-order valence-electron chi connectivity index (χ4n) is 8.60. The fourth-order valence-corrected chi connectivity index (χ4v) is 8.60. The Labute approximate surface area is 194 Å². The molecule has 4 fully saturated rings. The Kier molecular flexibility index (Phi) is 6.09. The molecule has 0 spiro atoms. The Hall–Kier alpha value is -0.970. The summed E-state index contributed by atoms with van der Waals surface area (Å²) in [6.45, 7) is 15.2. The lowest BCUT2D eigenvalue weighted by Crippen LogP contribution is -2.71. The first-order chi connectivity index (χ1) is 14.9. The van der Waals surface area contributed by atoms with Gasteiger partial charge < -0.3 is 15.3 Å². The number of aliphatic hydroxyl groups is 3. The molecule has 0 saturated heterocycles. The SMILES string of the molecule is C=C(C=CC(C)C1CCC2C3CC(=O)C4(O)CC(O)CC(O)C4(C)C3CCC12C)C(C)C. The number of aliphatic hydroxyl groups excluding tert-OH is 2. The van der Waals surface area contributed by atoms with Crippen molar-refractivity contribution < 1.29 is 20.1 Å². The molecule has 0 aromatic rings. The molecule has 0 bridgehead atoms. The van der Waals surface area contributed by atoms with E-state index in [4.69, 9.17) is 0 Å². The van der Waals surface area contributed by atoms with Crippen LogP contribution in [0.3, 0.4) is 0 Å². The second-order valence-electron chi connectivity index (χ2n) is 12.4. The minimum atomic E-state index is -1.61. The van der Waals surface area contributed by atoms with Crippen LogP contribution in [0.25, 0.3) is 0 Å². The maximum atomic E-state index is 13.4. The second kappa shape index (κ2) is 8.06. The van der Waals surface area contributed by atoms with Gasteiger partial charge in [0.2, 0.25) is 0 Å². The van der Waals surface area contributed by atoms with E-state index in [1.165, 1.54) is 12.0 Å². The molecule has 0 aliphatic heterocycles. The molecule has 4 rings (SSSR count). The van der Waals surface area contributed by atoms with Crippen molar-refractivity contribution in [3.8, 4) is 0 Å². The first-order valence-corrected chi connectivity index (χ1v) is 12.8. The highest BCUT2D eigenvalue weighted by Crippen LogP contribution is 2.68. The van der Waals surface area contributed by atoms with Crippen LogP contribution in [0, 0.1) is 46.3 Å². The Bertz CT molecular complexity index is 801. The minimum Gasteiger partial charge on any atom is -0.393 e.